The molecule has 0 radical (unpaired) electrons. The molecule has 0 aliphatic rings. The number of aromatic nitrogens is 3. The van der Waals surface area contributed by atoms with Crippen molar-refractivity contribution < 1.29 is 27.2 Å². The van der Waals surface area contributed by atoms with Crippen molar-refractivity contribution >= 4 is 29.1 Å². The lowest BCUT2D eigenvalue weighted by molar-refractivity contribution is -0.143. The van der Waals surface area contributed by atoms with E-state index in [1.165, 1.54) is 24.3 Å². The van der Waals surface area contributed by atoms with Crippen LogP contribution >= 0.6 is 11.6 Å². The number of carbonyl (C=O) groups excluding carboxylic acids is 2. The summed E-state index contributed by atoms with van der Waals surface area (Å²) >= 11 is 5.73. The Bertz CT molecular complexity index is 1070. The van der Waals surface area contributed by atoms with Gasteiger partial charge in [0.1, 0.15) is 5.82 Å². The molecule has 2 amide bonds. The summed E-state index contributed by atoms with van der Waals surface area (Å²) in [5.74, 6) is -2.58. The third-order valence-electron chi connectivity index (χ3n) is 3.76. The zero-order valence-corrected chi connectivity index (χ0v) is 15.6. The molecule has 3 rings (SSSR count). The summed E-state index contributed by atoms with van der Waals surface area (Å²) < 4.78 is 54.0. The highest BCUT2D eigenvalue weighted by Gasteiger charge is 2.42. The first-order valence-corrected chi connectivity index (χ1v) is 8.65. The number of anilines is 1. The lowest BCUT2D eigenvalue weighted by Crippen LogP contribution is -2.34. The standard InChI is InChI=1S/C18H12ClF4N5O2/c19-10-1-5-12(6-2-10)25-14(29)9-24-17(30)15-16(18(21,22)23)28(27-26-15)13-7-3-11(20)4-8-13/h1-8H,9H2,(H,24,30)(H,25,29). The number of amides is 2. The summed E-state index contributed by atoms with van der Waals surface area (Å²) in [4.78, 5) is 24.1. The maximum absolute atomic E-state index is 13.5. The lowest BCUT2D eigenvalue weighted by atomic mass is 10.2. The molecule has 156 valence electrons. The van der Waals surface area contributed by atoms with Crippen LogP contribution in [0.15, 0.2) is 48.5 Å². The van der Waals surface area contributed by atoms with E-state index in [9.17, 15) is 27.2 Å². The van der Waals surface area contributed by atoms with Gasteiger partial charge in [0, 0.05) is 10.7 Å². The summed E-state index contributed by atoms with van der Waals surface area (Å²) in [6.07, 6.45) is -4.99. The molecular weight excluding hydrogens is 430 g/mol. The van der Waals surface area contributed by atoms with Crippen LogP contribution in [0.25, 0.3) is 5.69 Å². The molecule has 1 aromatic heterocycles. The van der Waals surface area contributed by atoms with E-state index in [1.54, 1.807) is 0 Å². The topological polar surface area (TPSA) is 88.9 Å². The first kappa shape index (κ1) is 21.2. The first-order valence-electron chi connectivity index (χ1n) is 8.27. The Kier molecular flexibility index (Phi) is 6.01. The zero-order chi connectivity index (χ0) is 21.9. The molecule has 0 spiro atoms. The van der Waals surface area contributed by atoms with Gasteiger partial charge >= 0.3 is 6.18 Å². The summed E-state index contributed by atoms with van der Waals surface area (Å²) in [6.45, 7) is -0.609. The van der Waals surface area contributed by atoms with Crippen LogP contribution in [0, 0.1) is 5.82 Å². The molecule has 12 heteroatoms. The quantitative estimate of drug-likeness (QED) is 0.594. The molecule has 0 unspecified atom stereocenters. The average molecular weight is 442 g/mol. The number of nitrogens with one attached hydrogen (secondary N) is 2. The van der Waals surface area contributed by atoms with Crippen LogP contribution in [0.1, 0.15) is 16.2 Å². The second kappa shape index (κ2) is 8.49. The third kappa shape index (κ3) is 4.92. The molecule has 0 saturated carbocycles. The Hall–Kier alpha value is -3.47. The predicted octanol–water partition coefficient (Wildman–Crippen LogP) is 3.45. The Balaban J connectivity index is 1.76. The van der Waals surface area contributed by atoms with Gasteiger partial charge in [-0.3, -0.25) is 9.59 Å². The predicted molar refractivity (Wildman–Crippen MR) is 98.7 cm³/mol. The molecule has 0 aliphatic carbocycles. The van der Waals surface area contributed by atoms with Crippen LogP contribution in [0.4, 0.5) is 23.2 Å². The van der Waals surface area contributed by atoms with Crippen molar-refractivity contribution in [2.24, 2.45) is 0 Å². The number of benzene rings is 2. The van der Waals surface area contributed by atoms with Crippen LogP contribution in [0.5, 0.6) is 0 Å². The monoisotopic (exact) mass is 441 g/mol. The minimum atomic E-state index is -4.99. The van der Waals surface area contributed by atoms with Crippen LogP contribution in [-0.4, -0.2) is 33.4 Å². The van der Waals surface area contributed by atoms with Crippen molar-refractivity contribution in [1.82, 2.24) is 20.3 Å². The molecule has 1 heterocycles. The molecule has 0 fully saturated rings. The van der Waals surface area contributed by atoms with Crippen molar-refractivity contribution in [2.45, 2.75) is 6.18 Å². The van der Waals surface area contributed by atoms with Gasteiger partial charge in [0.05, 0.1) is 12.2 Å². The fourth-order valence-electron chi connectivity index (χ4n) is 2.43. The summed E-state index contributed by atoms with van der Waals surface area (Å²) in [5, 5.41) is 11.6. The maximum Gasteiger partial charge on any atom is 0.435 e. The van der Waals surface area contributed by atoms with E-state index in [4.69, 9.17) is 11.6 Å². The Labute approximate surface area is 171 Å². The highest BCUT2D eigenvalue weighted by molar-refractivity contribution is 6.30. The van der Waals surface area contributed by atoms with Gasteiger partial charge in [-0.15, -0.1) is 5.10 Å². The van der Waals surface area contributed by atoms with Gasteiger partial charge in [-0.2, -0.15) is 13.2 Å². The molecule has 30 heavy (non-hydrogen) atoms. The Morgan fingerprint density at radius 3 is 2.27 bits per heavy atom. The molecular formula is C18H12ClF4N5O2. The highest BCUT2D eigenvalue weighted by Crippen LogP contribution is 2.32. The van der Waals surface area contributed by atoms with Gasteiger partial charge < -0.3 is 10.6 Å². The van der Waals surface area contributed by atoms with E-state index in [2.05, 4.69) is 20.9 Å². The third-order valence-corrected chi connectivity index (χ3v) is 4.01. The van der Waals surface area contributed by atoms with E-state index in [1.807, 2.05) is 0 Å². The molecule has 2 N–H and O–H groups in total. The van der Waals surface area contributed by atoms with Crippen molar-refractivity contribution in [3.63, 3.8) is 0 Å². The second-order valence-corrected chi connectivity index (χ2v) is 6.35. The lowest BCUT2D eigenvalue weighted by Gasteiger charge is -2.11. The molecule has 7 nitrogen and oxygen atoms in total. The van der Waals surface area contributed by atoms with E-state index < -0.39 is 41.7 Å². The van der Waals surface area contributed by atoms with Gasteiger partial charge in [-0.1, -0.05) is 16.8 Å². The summed E-state index contributed by atoms with van der Waals surface area (Å²) in [7, 11) is 0. The van der Waals surface area contributed by atoms with Gasteiger partial charge in [-0.25, -0.2) is 9.07 Å². The second-order valence-electron chi connectivity index (χ2n) is 5.91. The van der Waals surface area contributed by atoms with E-state index in [0.717, 1.165) is 24.3 Å². The van der Waals surface area contributed by atoms with Crippen molar-refractivity contribution in [1.29, 1.82) is 0 Å². The zero-order valence-electron chi connectivity index (χ0n) is 14.9. The number of rotatable bonds is 5. The van der Waals surface area contributed by atoms with Gasteiger partial charge in [0.25, 0.3) is 5.91 Å². The number of hydrogen-bond donors (Lipinski definition) is 2. The van der Waals surface area contributed by atoms with E-state index in [-0.39, 0.29) is 5.69 Å². The van der Waals surface area contributed by atoms with Crippen molar-refractivity contribution in [2.75, 3.05) is 11.9 Å². The number of alkyl halides is 3. The van der Waals surface area contributed by atoms with Crippen LogP contribution in [-0.2, 0) is 11.0 Å². The minimum Gasteiger partial charge on any atom is -0.341 e. The number of nitrogens with zero attached hydrogens (tertiary/aromatic N) is 3. The van der Waals surface area contributed by atoms with Crippen LogP contribution < -0.4 is 10.6 Å². The van der Waals surface area contributed by atoms with Crippen LogP contribution in [0.2, 0.25) is 5.02 Å². The number of halogens is 5. The first-order chi connectivity index (χ1) is 14.1. The molecule has 2 aromatic carbocycles. The molecule has 3 aromatic rings. The average Bonchev–Trinajstić information content (AvgIpc) is 3.14. The fraction of sp³-hybridized carbons (Fsp3) is 0.111. The van der Waals surface area contributed by atoms with Gasteiger partial charge in [-0.05, 0) is 48.5 Å². The Morgan fingerprint density at radius 1 is 1.03 bits per heavy atom. The van der Waals surface area contributed by atoms with Gasteiger partial charge in [0.15, 0.2) is 11.4 Å². The van der Waals surface area contributed by atoms with Crippen LogP contribution in [0.3, 0.4) is 0 Å². The van der Waals surface area contributed by atoms with E-state index in [0.29, 0.717) is 15.4 Å². The fourth-order valence-corrected chi connectivity index (χ4v) is 2.56. The smallest absolute Gasteiger partial charge is 0.341 e. The van der Waals surface area contributed by atoms with E-state index >= 15 is 0 Å². The minimum absolute atomic E-state index is 0.143. The largest absolute Gasteiger partial charge is 0.435 e. The molecule has 0 aliphatic heterocycles. The van der Waals surface area contributed by atoms with Crippen molar-refractivity contribution in [3.05, 3.63) is 70.8 Å². The summed E-state index contributed by atoms with van der Waals surface area (Å²) in [5.41, 5.74) is -2.23. The molecule has 0 bridgehead atoms. The molecule has 0 atom stereocenters. The molecule has 0 saturated heterocycles. The SMILES string of the molecule is O=C(CNC(=O)c1nnn(-c2ccc(F)cc2)c1C(F)(F)F)Nc1ccc(Cl)cc1. The summed E-state index contributed by atoms with van der Waals surface area (Å²) in [6, 6.07) is 10.1. The Morgan fingerprint density at radius 2 is 1.67 bits per heavy atom. The normalized spacial score (nSPS) is 11.2. The number of carbonyl (C=O) groups is 2. The number of hydrogen-bond acceptors (Lipinski definition) is 4. The maximum atomic E-state index is 13.5. The van der Waals surface area contributed by atoms with Gasteiger partial charge in [0.2, 0.25) is 5.91 Å². The highest BCUT2D eigenvalue weighted by atomic mass is 35.5. The van der Waals surface area contributed by atoms with Crippen molar-refractivity contribution in [3.8, 4) is 5.69 Å².